The third kappa shape index (κ3) is 4.16. The number of nitrogens with one attached hydrogen (secondary N) is 1. The quantitative estimate of drug-likeness (QED) is 0.361. The zero-order valence-electron chi connectivity index (χ0n) is 9.21. The molecule has 0 saturated heterocycles. The Kier molecular flexibility index (Phi) is 5.11. The summed E-state index contributed by atoms with van der Waals surface area (Å²) in [7, 11) is -1.55. The first kappa shape index (κ1) is 13.7. The molecule has 1 aromatic carbocycles. The van der Waals surface area contributed by atoms with Crippen LogP contribution in [0.3, 0.4) is 0 Å². The number of rotatable bonds is 5. The van der Waals surface area contributed by atoms with Crippen molar-refractivity contribution in [3.05, 3.63) is 29.8 Å². The van der Waals surface area contributed by atoms with Crippen LogP contribution in [-0.2, 0) is 0 Å². The number of carbonyl (C=O) groups is 1. The number of amides is 1. The fourth-order valence-corrected chi connectivity index (χ4v) is 1.20. The Bertz CT molecular complexity index is 369. The zero-order valence-corrected chi connectivity index (χ0v) is 9.21. The Morgan fingerprint density at radius 1 is 1.35 bits per heavy atom. The predicted molar refractivity (Wildman–Crippen MR) is 63.7 cm³/mol. The second-order valence-corrected chi connectivity index (χ2v) is 3.60. The molecular formula is C10H15BN2O4. The molecule has 0 radical (unpaired) electrons. The van der Waals surface area contributed by atoms with Crippen molar-refractivity contribution in [1.82, 2.24) is 5.32 Å². The first-order valence-electron chi connectivity index (χ1n) is 5.17. The molecule has 0 spiro atoms. The molecule has 0 aromatic heterocycles. The van der Waals surface area contributed by atoms with Crippen LogP contribution in [0.1, 0.15) is 10.4 Å². The summed E-state index contributed by atoms with van der Waals surface area (Å²) >= 11 is 0. The molecule has 1 amide bonds. The number of nitrogens with two attached hydrogens (primary N) is 1. The lowest BCUT2D eigenvalue weighted by molar-refractivity contribution is 0.0920. The Morgan fingerprint density at radius 3 is 2.41 bits per heavy atom. The van der Waals surface area contributed by atoms with Crippen molar-refractivity contribution in [2.45, 2.75) is 6.10 Å². The molecule has 0 bridgehead atoms. The van der Waals surface area contributed by atoms with E-state index in [1.807, 2.05) is 0 Å². The van der Waals surface area contributed by atoms with Crippen LogP contribution in [0.2, 0.25) is 0 Å². The molecule has 7 heteroatoms. The molecule has 0 aliphatic heterocycles. The third-order valence-corrected chi connectivity index (χ3v) is 2.24. The number of benzene rings is 1. The fourth-order valence-electron chi connectivity index (χ4n) is 1.20. The number of aliphatic hydroxyl groups excluding tert-OH is 1. The van der Waals surface area contributed by atoms with Crippen LogP contribution in [-0.4, -0.2) is 47.4 Å². The van der Waals surface area contributed by atoms with Gasteiger partial charge in [-0.05, 0) is 17.6 Å². The van der Waals surface area contributed by atoms with Crippen LogP contribution >= 0.6 is 0 Å². The summed E-state index contributed by atoms with van der Waals surface area (Å²) in [5.41, 5.74) is 5.88. The van der Waals surface area contributed by atoms with Gasteiger partial charge in [-0.1, -0.05) is 12.1 Å². The molecule has 1 aromatic rings. The van der Waals surface area contributed by atoms with Gasteiger partial charge in [0.1, 0.15) is 0 Å². The Morgan fingerprint density at radius 2 is 1.94 bits per heavy atom. The van der Waals surface area contributed by atoms with Gasteiger partial charge in [-0.25, -0.2) is 0 Å². The minimum Gasteiger partial charge on any atom is -0.423 e. The van der Waals surface area contributed by atoms with Gasteiger partial charge in [0.05, 0.1) is 6.10 Å². The highest BCUT2D eigenvalue weighted by molar-refractivity contribution is 6.58. The Labute approximate surface area is 99.2 Å². The third-order valence-electron chi connectivity index (χ3n) is 2.24. The van der Waals surface area contributed by atoms with E-state index in [-0.39, 0.29) is 19.0 Å². The van der Waals surface area contributed by atoms with E-state index in [1.54, 1.807) is 0 Å². The molecular weight excluding hydrogens is 223 g/mol. The number of carbonyl (C=O) groups excluding carboxylic acids is 1. The maximum Gasteiger partial charge on any atom is 0.488 e. The van der Waals surface area contributed by atoms with Crippen molar-refractivity contribution in [2.75, 3.05) is 13.1 Å². The van der Waals surface area contributed by atoms with Crippen molar-refractivity contribution < 1.29 is 19.9 Å². The van der Waals surface area contributed by atoms with Crippen molar-refractivity contribution in [2.24, 2.45) is 5.73 Å². The summed E-state index contributed by atoms with van der Waals surface area (Å²) in [5, 5.41) is 29.4. The van der Waals surface area contributed by atoms with Gasteiger partial charge in [0.25, 0.3) is 5.91 Å². The first-order chi connectivity index (χ1) is 8.04. The molecule has 0 saturated carbocycles. The smallest absolute Gasteiger partial charge is 0.423 e. The minimum atomic E-state index is -1.55. The van der Waals surface area contributed by atoms with Crippen molar-refractivity contribution >= 4 is 18.5 Å². The molecule has 0 fully saturated rings. The number of aliphatic hydroxyl groups is 1. The average molecular weight is 238 g/mol. The molecule has 1 atom stereocenters. The van der Waals surface area contributed by atoms with Gasteiger partial charge in [0.2, 0.25) is 0 Å². The van der Waals surface area contributed by atoms with E-state index in [2.05, 4.69) is 5.32 Å². The lowest BCUT2D eigenvalue weighted by Crippen LogP contribution is -2.36. The van der Waals surface area contributed by atoms with Crippen molar-refractivity contribution in [3.8, 4) is 0 Å². The second-order valence-electron chi connectivity index (χ2n) is 3.60. The largest absolute Gasteiger partial charge is 0.488 e. The molecule has 0 aliphatic carbocycles. The van der Waals surface area contributed by atoms with Gasteiger partial charge in [0, 0.05) is 18.7 Å². The summed E-state index contributed by atoms with van der Waals surface area (Å²) in [4.78, 5) is 11.6. The molecule has 92 valence electrons. The van der Waals surface area contributed by atoms with E-state index in [0.29, 0.717) is 11.0 Å². The average Bonchev–Trinajstić information content (AvgIpc) is 2.35. The molecule has 1 rings (SSSR count). The summed E-state index contributed by atoms with van der Waals surface area (Å²) in [6, 6.07) is 5.83. The maximum atomic E-state index is 11.6. The molecule has 1 unspecified atom stereocenters. The molecule has 0 aliphatic rings. The summed E-state index contributed by atoms with van der Waals surface area (Å²) in [5.74, 6) is -0.350. The van der Waals surface area contributed by atoms with E-state index in [0.717, 1.165) is 0 Å². The summed E-state index contributed by atoms with van der Waals surface area (Å²) in [6.45, 7) is 0.162. The highest BCUT2D eigenvalue weighted by Crippen LogP contribution is 1.97. The summed E-state index contributed by atoms with van der Waals surface area (Å²) in [6.07, 6.45) is -0.766. The lowest BCUT2D eigenvalue weighted by atomic mass is 9.80. The SMILES string of the molecule is NCC(O)CNC(=O)c1ccc(B(O)O)cc1. The normalized spacial score (nSPS) is 12.0. The van der Waals surface area contributed by atoms with E-state index in [4.69, 9.17) is 20.9 Å². The van der Waals surface area contributed by atoms with Crippen LogP contribution in [0.4, 0.5) is 0 Å². The Hall–Kier alpha value is -1.41. The van der Waals surface area contributed by atoms with Crippen LogP contribution in [0.15, 0.2) is 24.3 Å². The van der Waals surface area contributed by atoms with Crippen LogP contribution in [0.5, 0.6) is 0 Å². The molecule has 6 N–H and O–H groups in total. The van der Waals surface area contributed by atoms with Gasteiger partial charge in [0.15, 0.2) is 0 Å². The fraction of sp³-hybridized carbons (Fsp3) is 0.300. The summed E-state index contributed by atoms with van der Waals surface area (Å²) < 4.78 is 0. The standard InChI is InChI=1S/C10H15BN2O4/c12-5-9(14)6-13-10(15)7-1-3-8(4-2-7)11(16)17/h1-4,9,14,16-17H,5-6,12H2,(H,13,15). The van der Waals surface area contributed by atoms with Gasteiger partial charge >= 0.3 is 7.12 Å². The second kappa shape index (κ2) is 6.36. The number of hydrogen-bond donors (Lipinski definition) is 5. The zero-order chi connectivity index (χ0) is 12.8. The van der Waals surface area contributed by atoms with E-state index >= 15 is 0 Å². The van der Waals surface area contributed by atoms with Gasteiger partial charge in [-0.2, -0.15) is 0 Å². The van der Waals surface area contributed by atoms with Gasteiger partial charge < -0.3 is 26.2 Å². The Balaban J connectivity index is 2.58. The highest BCUT2D eigenvalue weighted by Gasteiger charge is 2.12. The van der Waals surface area contributed by atoms with E-state index in [1.165, 1.54) is 24.3 Å². The van der Waals surface area contributed by atoms with Crippen LogP contribution in [0, 0.1) is 0 Å². The van der Waals surface area contributed by atoms with E-state index < -0.39 is 13.2 Å². The van der Waals surface area contributed by atoms with Crippen LogP contribution < -0.4 is 16.5 Å². The van der Waals surface area contributed by atoms with Gasteiger partial charge in [-0.3, -0.25) is 4.79 Å². The predicted octanol–water partition coefficient (Wildman–Crippen LogP) is -2.58. The van der Waals surface area contributed by atoms with Crippen LogP contribution in [0.25, 0.3) is 0 Å². The lowest BCUT2D eigenvalue weighted by Gasteiger charge is -2.09. The topological polar surface area (TPSA) is 116 Å². The molecule has 17 heavy (non-hydrogen) atoms. The monoisotopic (exact) mass is 238 g/mol. The molecule has 0 heterocycles. The van der Waals surface area contributed by atoms with Crippen molar-refractivity contribution in [3.63, 3.8) is 0 Å². The van der Waals surface area contributed by atoms with E-state index in [9.17, 15) is 4.79 Å². The highest BCUT2D eigenvalue weighted by atomic mass is 16.4. The first-order valence-corrected chi connectivity index (χ1v) is 5.17. The maximum absolute atomic E-state index is 11.6. The minimum absolute atomic E-state index is 0.0793. The van der Waals surface area contributed by atoms with Gasteiger partial charge in [-0.15, -0.1) is 0 Å². The number of hydrogen-bond acceptors (Lipinski definition) is 5. The van der Waals surface area contributed by atoms with Crippen molar-refractivity contribution in [1.29, 1.82) is 0 Å². The molecule has 6 nitrogen and oxygen atoms in total.